The van der Waals surface area contributed by atoms with Crippen LogP contribution < -0.4 is 10.6 Å². The summed E-state index contributed by atoms with van der Waals surface area (Å²) in [5.41, 5.74) is 8.48. The molecule has 1 aromatic carbocycles. The van der Waals surface area contributed by atoms with E-state index in [2.05, 4.69) is 34.1 Å². The van der Waals surface area contributed by atoms with Gasteiger partial charge in [0, 0.05) is 44.0 Å². The minimum Gasteiger partial charge on any atom is -0.369 e. The van der Waals surface area contributed by atoms with Gasteiger partial charge in [-0.1, -0.05) is 25.0 Å². The van der Waals surface area contributed by atoms with Crippen molar-refractivity contribution in [2.24, 2.45) is 5.73 Å². The third-order valence-corrected chi connectivity index (χ3v) is 4.94. The van der Waals surface area contributed by atoms with Crippen molar-refractivity contribution in [3.63, 3.8) is 0 Å². The molecule has 0 spiro atoms. The van der Waals surface area contributed by atoms with Crippen molar-refractivity contribution in [3.05, 3.63) is 29.8 Å². The van der Waals surface area contributed by atoms with Gasteiger partial charge in [-0.2, -0.15) is 0 Å². The van der Waals surface area contributed by atoms with Gasteiger partial charge in [0.2, 0.25) is 0 Å². The summed E-state index contributed by atoms with van der Waals surface area (Å²) in [7, 11) is 0. The minimum atomic E-state index is 0.128. The van der Waals surface area contributed by atoms with Crippen molar-refractivity contribution in [1.29, 1.82) is 0 Å². The molecule has 0 aromatic heterocycles. The maximum absolute atomic E-state index is 5.91. The van der Waals surface area contributed by atoms with E-state index in [1.165, 1.54) is 50.0 Å². The van der Waals surface area contributed by atoms with Gasteiger partial charge in [0.05, 0.1) is 0 Å². The maximum Gasteiger partial charge on any atom is 0.0367 e. The lowest BCUT2D eigenvalue weighted by Crippen LogP contribution is -2.49. The largest absolute Gasteiger partial charge is 0.369 e. The Morgan fingerprint density at radius 2 is 1.60 bits per heavy atom. The number of benzene rings is 1. The van der Waals surface area contributed by atoms with Crippen LogP contribution in [-0.4, -0.2) is 37.1 Å². The lowest BCUT2D eigenvalue weighted by Gasteiger charge is -2.39. The Bertz CT molecular complexity index is 412. The molecular formula is C17H27N3. The number of hydrogen-bond acceptors (Lipinski definition) is 3. The molecular weight excluding hydrogens is 246 g/mol. The molecule has 1 saturated heterocycles. The Morgan fingerprint density at radius 3 is 2.15 bits per heavy atom. The number of nitrogens with two attached hydrogens (primary N) is 1. The van der Waals surface area contributed by atoms with Crippen LogP contribution in [0.1, 0.15) is 44.2 Å². The van der Waals surface area contributed by atoms with Gasteiger partial charge in [-0.3, -0.25) is 4.90 Å². The van der Waals surface area contributed by atoms with Crippen LogP contribution in [0.2, 0.25) is 0 Å². The molecule has 2 N–H and O–H groups in total. The maximum atomic E-state index is 5.91. The van der Waals surface area contributed by atoms with Gasteiger partial charge in [0.15, 0.2) is 0 Å². The van der Waals surface area contributed by atoms with Crippen LogP contribution in [0, 0.1) is 0 Å². The predicted molar refractivity (Wildman–Crippen MR) is 85.1 cm³/mol. The first-order chi connectivity index (χ1) is 9.74. The van der Waals surface area contributed by atoms with Crippen LogP contribution in [0.25, 0.3) is 0 Å². The smallest absolute Gasteiger partial charge is 0.0367 e. The highest BCUT2D eigenvalue weighted by molar-refractivity contribution is 5.48. The Hall–Kier alpha value is -1.06. The van der Waals surface area contributed by atoms with Crippen LogP contribution in [-0.2, 0) is 0 Å². The molecule has 3 nitrogen and oxygen atoms in total. The molecule has 0 bridgehead atoms. The van der Waals surface area contributed by atoms with E-state index in [0.29, 0.717) is 0 Å². The summed E-state index contributed by atoms with van der Waals surface area (Å²) in [6.07, 6.45) is 5.71. The lowest BCUT2D eigenvalue weighted by atomic mass is 10.1. The zero-order valence-electron chi connectivity index (χ0n) is 12.6. The summed E-state index contributed by atoms with van der Waals surface area (Å²) < 4.78 is 0. The molecule has 1 heterocycles. The first kappa shape index (κ1) is 13.9. The highest BCUT2D eigenvalue weighted by Crippen LogP contribution is 2.26. The molecule has 1 aliphatic carbocycles. The lowest BCUT2D eigenvalue weighted by molar-refractivity contribution is 0.187. The van der Waals surface area contributed by atoms with E-state index in [0.717, 1.165) is 19.1 Å². The Kier molecular flexibility index (Phi) is 4.27. The van der Waals surface area contributed by atoms with Crippen LogP contribution in [0.4, 0.5) is 5.69 Å². The molecule has 3 rings (SSSR count). The molecule has 0 amide bonds. The standard InChI is InChI=1S/C17H27N3/c1-14(18)15-6-8-17(9-7-15)20-12-10-19(11-13-20)16-4-2-3-5-16/h6-9,14,16H,2-5,10-13,18H2,1H3. The molecule has 3 heteroatoms. The van der Waals surface area contributed by atoms with E-state index in [-0.39, 0.29) is 6.04 Å². The Balaban J connectivity index is 1.57. The normalized spacial score (nSPS) is 23.2. The van der Waals surface area contributed by atoms with Crippen molar-refractivity contribution in [3.8, 4) is 0 Å². The van der Waals surface area contributed by atoms with Crippen LogP contribution in [0.3, 0.4) is 0 Å². The average Bonchev–Trinajstić information content (AvgIpc) is 3.02. The van der Waals surface area contributed by atoms with E-state index >= 15 is 0 Å². The predicted octanol–water partition coefficient (Wildman–Crippen LogP) is 2.77. The molecule has 1 aliphatic heterocycles. The monoisotopic (exact) mass is 273 g/mol. The molecule has 2 fully saturated rings. The average molecular weight is 273 g/mol. The SMILES string of the molecule is CC(N)c1ccc(N2CCN(C3CCCC3)CC2)cc1. The van der Waals surface area contributed by atoms with Gasteiger partial charge >= 0.3 is 0 Å². The van der Waals surface area contributed by atoms with E-state index in [9.17, 15) is 0 Å². The Labute approximate surface area is 122 Å². The van der Waals surface area contributed by atoms with Gasteiger partial charge in [-0.05, 0) is 37.5 Å². The fraction of sp³-hybridized carbons (Fsp3) is 0.647. The summed E-state index contributed by atoms with van der Waals surface area (Å²) in [6, 6.07) is 9.79. The number of hydrogen-bond donors (Lipinski definition) is 1. The minimum absolute atomic E-state index is 0.128. The molecule has 0 radical (unpaired) electrons. The first-order valence-electron chi connectivity index (χ1n) is 8.08. The van der Waals surface area contributed by atoms with Crippen molar-refractivity contribution in [1.82, 2.24) is 4.90 Å². The number of anilines is 1. The van der Waals surface area contributed by atoms with Gasteiger partial charge in [-0.15, -0.1) is 0 Å². The van der Waals surface area contributed by atoms with Crippen LogP contribution in [0.5, 0.6) is 0 Å². The van der Waals surface area contributed by atoms with Gasteiger partial charge in [0.25, 0.3) is 0 Å². The van der Waals surface area contributed by atoms with E-state index in [1.807, 2.05) is 6.92 Å². The number of nitrogens with zero attached hydrogens (tertiary/aromatic N) is 2. The summed E-state index contributed by atoms with van der Waals surface area (Å²) >= 11 is 0. The molecule has 1 unspecified atom stereocenters. The highest BCUT2D eigenvalue weighted by atomic mass is 15.3. The molecule has 1 aromatic rings. The Morgan fingerprint density at radius 1 is 1.00 bits per heavy atom. The zero-order chi connectivity index (χ0) is 13.9. The van der Waals surface area contributed by atoms with Crippen molar-refractivity contribution in [2.45, 2.75) is 44.7 Å². The molecule has 1 atom stereocenters. The van der Waals surface area contributed by atoms with Gasteiger partial charge < -0.3 is 10.6 Å². The van der Waals surface area contributed by atoms with Crippen molar-refractivity contribution >= 4 is 5.69 Å². The third-order valence-electron chi connectivity index (χ3n) is 4.94. The zero-order valence-corrected chi connectivity index (χ0v) is 12.6. The summed E-state index contributed by atoms with van der Waals surface area (Å²) in [5.74, 6) is 0. The fourth-order valence-corrected chi connectivity index (χ4v) is 3.60. The second kappa shape index (κ2) is 6.15. The number of piperazine rings is 1. The highest BCUT2D eigenvalue weighted by Gasteiger charge is 2.26. The number of rotatable bonds is 3. The molecule has 110 valence electrons. The van der Waals surface area contributed by atoms with E-state index in [1.54, 1.807) is 0 Å². The third kappa shape index (κ3) is 2.99. The summed E-state index contributed by atoms with van der Waals surface area (Å²) in [4.78, 5) is 5.22. The van der Waals surface area contributed by atoms with Crippen molar-refractivity contribution in [2.75, 3.05) is 31.1 Å². The van der Waals surface area contributed by atoms with Gasteiger partial charge in [-0.25, -0.2) is 0 Å². The van der Waals surface area contributed by atoms with E-state index < -0.39 is 0 Å². The molecule has 2 aliphatic rings. The van der Waals surface area contributed by atoms with Gasteiger partial charge in [0.1, 0.15) is 0 Å². The second-order valence-corrected chi connectivity index (χ2v) is 6.34. The summed E-state index contributed by atoms with van der Waals surface area (Å²) in [6.45, 7) is 6.80. The van der Waals surface area contributed by atoms with Crippen molar-refractivity contribution < 1.29 is 0 Å². The quantitative estimate of drug-likeness (QED) is 0.919. The van der Waals surface area contributed by atoms with Crippen LogP contribution >= 0.6 is 0 Å². The van der Waals surface area contributed by atoms with E-state index in [4.69, 9.17) is 5.73 Å². The van der Waals surface area contributed by atoms with Crippen LogP contribution in [0.15, 0.2) is 24.3 Å². The molecule has 20 heavy (non-hydrogen) atoms. The first-order valence-corrected chi connectivity index (χ1v) is 8.08. The topological polar surface area (TPSA) is 32.5 Å². The fourth-order valence-electron chi connectivity index (χ4n) is 3.60. The second-order valence-electron chi connectivity index (χ2n) is 6.34. The molecule has 1 saturated carbocycles. The summed E-state index contributed by atoms with van der Waals surface area (Å²) in [5, 5.41) is 0.